The molecule has 2 aromatic heterocycles. The van der Waals surface area contributed by atoms with E-state index in [1.165, 1.54) is 36.4 Å². The minimum Gasteiger partial charge on any atom is -0.330 e. The molecule has 2 aliphatic rings. The molecule has 0 saturated carbocycles. The normalized spacial score (nSPS) is 20.9. The summed E-state index contributed by atoms with van der Waals surface area (Å²) in [5, 5.41) is 4.53. The number of aromatic nitrogens is 2. The number of thiophene rings is 1. The third-order valence-corrected chi connectivity index (χ3v) is 6.66. The summed E-state index contributed by atoms with van der Waals surface area (Å²) in [4.78, 5) is 19.6. The van der Waals surface area contributed by atoms with Gasteiger partial charge in [0.05, 0.1) is 23.2 Å². The second kappa shape index (κ2) is 6.92. The summed E-state index contributed by atoms with van der Waals surface area (Å²) in [6.45, 7) is 9.12. The second-order valence-corrected chi connectivity index (χ2v) is 8.55. The van der Waals surface area contributed by atoms with E-state index in [9.17, 15) is 4.79 Å². The summed E-state index contributed by atoms with van der Waals surface area (Å²) >= 11 is 1.61. The number of amides is 1. The number of fused-ring (bicyclic) bond motifs is 1. The van der Waals surface area contributed by atoms with Crippen molar-refractivity contribution in [3.8, 4) is 0 Å². The molecule has 1 saturated heterocycles. The molecule has 4 rings (SSSR count). The Hall–Kier alpha value is -1.66. The van der Waals surface area contributed by atoms with Gasteiger partial charge in [-0.25, -0.2) is 0 Å². The predicted molar refractivity (Wildman–Crippen MR) is 100 cm³/mol. The molecule has 1 fully saturated rings. The first kappa shape index (κ1) is 16.8. The molecule has 0 N–H and O–H groups in total. The molecule has 2 aromatic rings. The Morgan fingerprint density at radius 1 is 1.32 bits per heavy atom. The summed E-state index contributed by atoms with van der Waals surface area (Å²) in [6.07, 6.45) is 5.56. The second-order valence-electron chi connectivity index (χ2n) is 7.29. The molecule has 134 valence electrons. The van der Waals surface area contributed by atoms with E-state index in [0.717, 1.165) is 30.1 Å². The van der Waals surface area contributed by atoms with Crippen molar-refractivity contribution >= 4 is 17.2 Å². The van der Waals surface area contributed by atoms with Gasteiger partial charge in [-0.1, -0.05) is 0 Å². The van der Waals surface area contributed by atoms with Crippen LogP contribution in [0.2, 0.25) is 0 Å². The van der Waals surface area contributed by atoms with Gasteiger partial charge in [0.2, 0.25) is 0 Å². The maximum atomic E-state index is 13.0. The van der Waals surface area contributed by atoms with E-state index in [1.54, 1.807) is 11.3 Å². The number of aryl methyl sites for hydroxylation is 2. The van der Waals surface area contributed by atoms with E-state index < -0.39 is 0 Å². The smallest absolute Gasteiger partial charge is 0.264 e. The lowest BCUT2D eigenvalue weighted by molar-refractivity contribution is 0.0663. The highest BCUT2D eigenvalue weighted by atomic mass is 32.1. The van der Waals surface area contributed by atoms with Crippen LogP contribution in [0.4, 0.5) is 0 Å². The average molecular weight is 359 g/mol. The van der Waals surface area contributed by atoms with Gasteiger partial charge in [-0.2, -0.15) is 5.10 Å². The van der Waals surface area contributed by atoms with Crippen LogP contribution in [-0.2, 0) is 6.54 Å². The van der Waals surface area contributed by atoms with Crippen LogP contribution in [0, 0.1) is 13.8 Å². The van der Waals surface area contributed by atoms with E-state index in [-0.39, 0.29) is 11.9 Å². The molecule has 0 bridgehead atoms. The number of nitrogens with zero attached hydrogens (tertiary/aromatic N) is 4. The Kier molecular flexibility index (Phi) is 4.65. The van der Waals surface area contributed by atoms with Gasteiger partial charge >= 0.3 is 0 Å². The highest BCUT2D eigenvalue weighted by molar-refractivity contribution is 7.14. The van der Waals surface area contributed by atoms with Crippen molar-refractivity contribution in [3.63, 3.8) is 0 Å². The molecule has 2 aliphatic heterocycles. The minimum atomic E-state index is 0.167. The number of rotatable bonds is 4. The molecule has 5 nitrogen and oxygen atoms in total. The number of hydrogen-bond acceptors (Lipinski definition) is 4. The Bertz CT molecular complexity index is 740. The first-order valence-corrected chi connectivity index (χ1v) is 10.0. The van der Waals surface area contributed by atoms with Crippen LogP contribution in [0.3, 0.4) is 0 Å². The highest BCUT2D eigenvalue weighted by Gasteiger charge is 2.30. The van der Waals surface area contributed by atoms with Gasteiger partial charge in [-0.15, -0.1) is 11.3 Å². The fourth-order valence-electron chi connectivity index (χ4n) is 3.93. The monoisotopic (exact) mass is 358 g/mol. The molecule has 0 spiro atoms. The maximum absolute atomic E-state index is 13.0. The van der Waals surface area contributed by atoms with E-state index in [0.29, 0.717) is 6.54 Å². The summed E-state index contributed by atoms with van der Waals surface area (Å²) < 4.78 is 2.14. The molecule has 1 unspecified atom stereocenters. The maximum Gasteiger partial charge on any atom is 0.264 e. The summed E-state index contributed by atoms with van der Waals surface area (Å²) in [7, 11) is 0. The fourth-order valence-corrected chi connectivity index (χ4v) is 4.93. The topological polar surface area (TPSA) is 41.4 Å². The molecule has 6 heteroatoms. The first-order chi connectivity index (χ1) is 12.1. The van der Waals surface area contributed by atoms with Crippen molar-refractivity contribution in [2.45, 2.75) is 45.7 Å². The first-order valence-electron chi connectivity index (χ1n) is 9.23. The van der Waals surface area contributed by atoms with Gasteiger partial charge < -0.3 is 9.80 Å². The quantitative estimate of drug-likeness (QED) is 0.842. The van der Waals surface area contributed by atoms with Gasteiger partial charge in [0.1, 0.15) is 0 Å². The largest absolute Gasteiger partial charge is 0.330 e. The zero-order chi connectivity index (χ0) is 17.4. The number of hydrogen-bond donors (Lipinski definition) is 0. The summed E-state index contributed by atoms with van der Waals surface area (Å²) in [5.41, 5.74) is 2.36. The summed E-state index contributed by atoms with van der Waals surface area (Å²) in [5.74, 6) is 0.167. The lowest BCUT2D eigenvalue weighted by atomic mass is 10.1. The van der Waals surface area contributed by atoms with Gasteiger partial charge in [0.15, 0.2) is 0 Å². The van der Waals surface area contributed by atoms with Crippen LogP contribution in [0.15, 0.2) is 18.3 Å². The Morgan fingerprint density at radius 3 is 2.84 bits per heavy atom. The van der Waals surface area contributed by atoms with Crippen molar-refractivity contribution in [1.29, 1.82) is 0 Å². The minimum absolute atomic E-state index is 0.167. The number of carbonyl (C=O) groups is 1. The van der Waals surface area contributed by atoms with Crippen LogP contribution in [-0.4, -0.2) is 51.7 Å². The predicted octanol–water partition coefficient (Wildman–Crippen LogP) is 3.24. The SMILES string of the molecule is Cc1cc(C(=O)N2Cc3ccnn3C(CCN3CCCC3)C2)sc1C. The molecule has 0 aromatic carbocycles. The Morgan fingerprint density at radius 2 is 2.12 bits per heavy atom. The van der Waals surface area contributed by atoms with E-state index >= 15 is 0 Å². The zero-order valence-corrected chi connectivity index (χ0v) is 15.9. The third-order valence-electron chi connectivity index (χ3n) is 5.52. The van der Waals surface area contributed by atoms with Gasteiger partial charge in [-0.3, -0.25) is 9.48 Å². The van der Waals surface area contributed by atoms with E-state index in [2.05, 4.69) is 28.5 Å². The van der Waals surface area contributed by atoms with E-state index in [1.807, 2.05) is 23.2 Å². The lowest BCUT2D eigenvalue weighted by Crippen LogP contribution is -2.42. The Labute approximate surface area is 153 Å². The van der Waals surface area contributed by atoms with Gasteiger partial charge in [0, 0.05) is 24.2 Å². The molecule has 1 amide bonds. The van der Waals surface area contributed by atoms with Crippen LogP contribution in [0.1, 0.15) is 51.1 Å². The van der Waals surface area contributed by atoms with E-state index in [4.69, 9.17) is 0 Å². The van der Waals surface area contributed by atoms with Crippen molar-refractivity contribution in [2.24, 2.45) is 0 Å². The molecule has 4 heterocycles. The van der Waals surface area contributed by atoms with Crippen molar-refractivity contribution in [2.75, 3.05) is 26.2 Å². The standard InChI is InChI=1S/C19H26N4OS/c1-14-11-18(25-15(14)2)19(24)22-12-16-5-7-20-23(16)17(13-22)6-10-21-8-3-4-9-21/h5,7,11,17H,3-4,6,8-10,12-13H2,1-2H3. The Balaban J connectivity index is 1.49. The fraction of sp³-hybridized carbons (Fsp3) is 0.579. The molecular weight excluding hydrogens is 332 g/mol. The molecular formula is C19H26N4OS. The van der Waals surface area contributed by atoms with Crippen molar-refractivity contribution in [1.82, 2.24) is 19.6 Å². The number of likely N-dealkylation sites (tertiary alicyclic amines) is 1. The molecule has 1 atom stereocenters. The van der Waals surface area contributed by atoms with Crippen LogP contribution >= 0.6 is 11.3 Å². The average Bonchev–Trinajstić information content (AvgIpc) is 3.34. The van der Waals surface area contributed by atoms with Crippen LogP contribution < -0.4 is 0 Å². The molecule has 25 heavy (non-hydrogen) atoms. The zero-order valence-electron chi connectivity index (χ0n) is 15.1. The lowest BCUT2D eigenvalue weighted by Gasteiger charge is -2.34. The van der Waals surface area contributed by atoms with Crippen molar-refractivity contribution < 1.29 is 4.79 Å². The van der Waals surface area contributed by atoms with Crippen LogP contribution in [0.25, 0.3) is 0 Å². The molecule has 0 radical (unpaired) electrons. The van der Waals surface area contributed by atoms with Gasteiger partial charge in [0.25, 0.3) is 5.91 Å². The number of carbonyl (C=O) groups excluding carboxylic acids is 1. The highest BCUT2D eigenvalue weighted by Crippen LogP contribution is 2.28. The van der Waals surface area contributed by atoms with Crippen LogP contribution in [0.5, 0.6) is 0 Å². The molecule has 0 aliphatic carbocycles. The third kappa shape index (κ3) is 3.37. The summed E-state index contributed by atoms with van der Waals surface area (Å²) in [6, 6.07) is 4.37. The van der Waals surface area contributed by atoms with Crippen molar-refractivity contribution in [3.05, 3.63) is 39.3 Å². The van der Waals surface area contributed by atoms with Gasteiger partial charge in [-0.05, 0) is 63.9 Å².